The van der Waals surface area contributed by atoms with E-state index in [-0.39, 0.29) is 0 Å². The highest BCUT2D eigenvalue weighted by molar-refractivity contribution is 5.85. The summed E-state index contributed by atoms with van der Waals surface area (Å²) in [5.41, 5.74) is 0.905. The van der Waals surface area contributed by atoms with Gasteiger partial charge in [-0.15, -0.1) is 0 Å². The first-order valence-electron chi connectivity index (χ1n) is 7.49. The number of para-hydroxylation sites is 1. The van der Waals surface area contributed by atoms with Crippen LogP contribution < -0.4 is 10.1 Å². The molecule has 0 spiro atoms. The van der Waals surface area contributed by atoms with Gasteiger partial charge in [-0.05, 0) is 38.7 Å². The van der Waals surface area contributed by atoms with E-state index >= 15 is 0 Å². The number of aromatic nitrogens is 1. The molecule has 0 saturated heterocycles. The van der Waals surface area contributed by atoms with E-state index in [9.17, 15) is 0 Å². The summed E-state index contributed by atoms with van der Waals surface area (Å²) in [5, 5.41) is 4.54. The van der Waals surface area contributed by atoms with Crippen LogP contribution in [0.4, 0.5) is 5.82 Å². The number of anilines is 1. The van der Waals surface area contributed by atoms with E-state index in [0.29, 0.717) is 6.04 Å². The van der Waals surface area contributed by atoms with Gasteiger partial charge in [0.2, 0.25) is 0 Å². The molecule has 0 saturated carbocycles. The topological polar surface area (TPSA) is 37.4 Å². The van der Waals surface area contributed by atoms with E-state index in [0.717, 1.165) is 29.0 Å². The van der Waals surface area contributed by atoms with Gasteiger partial charge in [0.15, 0.2) is 0 Å². The van der Waals surface area contributed by atoms with Gasteiger partial charge in [0, 0.05) is 18.0 Å². The van der Waals surface area contributed by atoms with Crippen LogP contribution in [-0.4, -0.2) is 43.7 Å². The number of pyridine rings is 1. The van der Waals surface area contributed by atoms with Crippen LogP contribution in [0.2, 0.25) is 0 Å². The van der Waals surface area contributed by atoms with Gasteiger partial charge in [-0.3, -0.25) is 0 Å². The van der Waals surface area contributed by atoms with E-state index in [1.165, 1.54) is 12.8 Å². The standard InChI is InChI=1S/C17H25N3O/c1-5-7-14(20(2)3)12-18-16-11-10-13-8-6-9-15(21-4)17(13)19-16/h6,8-11,14H,5,7,12H2,1-4H3,(H,18,19)/t14-/m0/s1. The summed E-state index contributed by atoms with van der Waals surface area (Å²) >= 11 is 0. The van der Waals surface area contributed by atoms with Crippen molar-refractivity contribution in [3.05, 3.63) is 30.3 Å². The first-order chi connectivity index (χ1) is 10.2. The maximum absolute atomic E-state index is 5.39. The lowest BCUT2D eigenvalue weighted by molar-refractivity contribution is 0.288. The van der Waals surface area contributed by atoms with Crippen molar-refractivity contribution in [2.75, 3.05) is 33.1 Å². The number of benzene rings is 1. The molecule has 1 N–H and O–H groups in total. The Bertz CT molecular complexity index is 583. The van der Waals surface area contributed by atoms with E-state index in [1.54, 1.807) is 7.11 Å². The second-order valence-electron chi connectivity index (χ2n) is 5.52. The number of fused-ring (bicyclic) bond motifs is 1. The van der Waals surface area contributed by atoms with Crippen molar-refractivity contribution in [3.8, 4) is 5.75 Å². The summed E-state index contributed by atoms with van der Waals surface area (Å²) in [7, 11) is 5.93. The lowest BCUT2D eigenvalue weighted by atomic mass is 10.1. The molecule has 1 heterocycles. The lowest BCUT2D eigenvalue weighted by Gasteiger charge is -2.24. The number of methoxy groups -OCH3 is 1. The fourth-order valence-corrected chi connectivity index (χ4v) is 2.48. The zero-order valence-corrected chi connectivity index (χ0v) is 13.4. The fraction of sp³-hybridized carbons (Fsp3) is 0.471. The van der Waals surface area contributed by atoms with Crippen LogP contribution in [0.3, 0.4) is 0 Å². The second-order valence-corrected chi connectivity index (χ2v) is 5.52. The van der Waals surface area contributed by atoms with E-state index < -0.39 is 0 Å². The Labute approximate surface area is 127 Å². The van der Waals surface area contributed by atoms with Crippen LogP contribution in [0.5, 0.6) is 5.75 Å². The smallest absolute Gasteiger partial charge is 0.145 e. The van der Waals surface area contributed by atoms with Gasteiger partial charge in [0.25, 0.3) is 0 Å². The molecule has 0 aliphatic rings. The lowest BCUT2D eigenvalue weighted by Crippen LogP contribution is -2.34. The maximum Gasteiger partial charge on any atom is 0.145 e. The Hall–Kier alpha value is -1.81. The molecule has 1 atom stereocenters. The Morgan fingerprint density at radius 2 is 2.05 bits per heavy atom. The molecule has 0 aliphatic heterocycles. The van der Waals surface area contributed by atoms with Gasteiger partial charge in [-0.2, -0.15) is 0 Å². The molecule has 1 aromatic heterocycles. The number of likely N-dealkylation sites (N-methyl/N-ethyl adjacent to an activating group) is 1. The summed E-state index contributed by atoms with van der Waals surface area (Å²) in [4.78, 5) is 6.94. The fourth-order valence-electron chi connectivity index (χ4n) is 2.48. The summed E-state index contributed by atoms with van der Waals surface area (Å²) < 4.78 is 5.39. The van der Waals surface area contributed by atoms with Crippen LogP contribution in [0.25, 0.3) is 10.9 Å². The van der Waals surface area contributed by atoms with Crippen molar-refractivity contribution in [1.29, 1.82) is 0 Å². The van der Waals surface area contributed by atoms with Crippen molar-refractivity contribution in [2.45, 2.75) is 25.8 Å². The molecule has 114 valence electrons. The van der Waals surface area contributed by atoms with Crippen molar-refractivity contribution in [1.82, 2.24) is 9.88 Å². The normalized spacial score (nSPS) is 12.6. The second kappa shape index (κ2) is 7.27. The van der Waals surface area contributed by atoms with Gasteiger partial charge < -0.3 is 15.0 Å². The van der Waals surface area contributed by atoms with Gasteiger partial charge in [0.1, 0.15) is 17.1 Å². The molecule has 4 heteroatoms. The Kier molecular flexibility index (Phi) is 5.39. The Morgan fingerprint density at radius 3 is 2.71 bits per heavy atom. The quantitative estimate of drug-likeness (QED) is 0.847. The molecule has 2 rings (SSSR count). The molecule has 0 aliphatic carbocycles. The monoisotopic (exact) mass is 287 g/mol. The molecule has 0 unspecified atom stereocenters. The minimum absolute atomic E-state index is 0.519. The summed E-state index contributed by atoms with van der Waals surface area (Å²) in [6, 6.07) is 10.6. The van der Waals surface area contributed by atoms with Crippen molar-refractivity contribution in [3.63, 3.8) is 0 Å². The number of ether oxygens (including phenoxy) is 1. The minimum atomic E-state index is 0.519. The third kappa shape index (κ3) is 3.85. The van der Waals surface area contributed by atoms with Crippen LogP contribution in [0, 0.1) is 0 Å². The Morgan fingerprint density at radius 1 is 1.24 bits per heavy atom. The predicted octanol–water partition coefficient (Wildman–Crippen LogP) is 3.39. The molecule has 0 amide bonds. The highest BCUT2D eigenvalue weighted by Gasteiger charge is 2.10. The molecule has 0 bridgehead atoms. The number of nitrogens with zero attached hydrogens (tertiary/aromatic N) is 2. The van der Waals surface area contributed by atoms with E-state index in [1.807, 2.05) is 24.3 Å². The number of hydrogen-bond donors (Lipinski definition) is 1. The molecule has 2 aromatic rings. The van der Waals surface area contributed by atoms with Gasteiger partial charge in [0.05, 0.1) is 7.11 Å². The average molecular weight is 287 g/mol. The first-order valence-corrected chi connectivity index (χ1v) is 7.49. The zero-order chi connectivity index (χ0) is 15.2. The first kappa shape index (κ1) is 15.6. The van der Waals surface area contributed by atoms with E-state index in [4.69, 9.17) is 4.74 Å². The van der Waals surface area contributed by atoms with Crippen LogP contribution in [0.1, 0.15) is 19.8 Å². The van der Waals surface area contributed by atoms with Crippen molar-refractivity contribution >= 4 is 16.7 Å². The number of hydrogen-bond acceptors (Lipinski definition) is 4. The van der Waals surface area contributed by atoms with Gasteiger partial charge in [-0.25, -0.2) is 4.98 Å². The van der Waals surface area contributed by atoms with Gasteiger partial charge in [-0.1, -0.05) is 25.5 Å². The zero-order valence-electron chi connectivity index (χ0n) is 13.4. The number of nitrogens with one attached hydrogen (secondary N) is 1. The summed E-state index contributed by atoms with van der Waals surface area (Å²) in [6.07, 6.45) is 2.36. The molecule has 21 heavy (non-hydrogen) atoms. The molecular weight excluding hydrogens is 262 g/mol. The summed E-state index contributed by atoms with van der Waals surface area (Å²) in [5.74, 6) is 1.71. The number of rotatable bonds is 7. The molecule has 1 aromatic carbocycles. The highest BCUT2D eigenvalue weighted by Crippen LogP contribution is 2.24. The van der Waals surface area contributed by atoms with Crippen molar-refractivity contribution in [2.24, 2.45) is 0 Å². The predicted molar refractivity (Wildman–Crippen MR) is 89.2 cm³/mol. The van der Waals surface area contributed by atoms with Crippen LogP contribution >= 0.6 is 0 Å². The molecule has 0 fully saturated rings. The molecule has 4 nitrogen and oxygen atoms in total. The SMILES string of the molecule is CCC[C@@H](CNc1ccc2cccc(OC)c2n1)N(C)C. The van der Waals surface area contributed by atoms with Crippen LogP contribution in [0.15, 0.2) is 30.3 Å². The minimum Gasteiger partial charge on any atom is -0.494 e. The van der Waals surface area contributed by atoms with Crippen molar-refractivity contribution < 1.29 is 4.74 Å². The largest absolute Gasteiger partial charge is 0.494 e. The van der Waals surface area contributed by atoms with E-state index in [2.05, 4.69) is 42.3 Å². The maximum atomic E-state index is 5.39. The Balaban J connectivity index is 2.15. The van der Waals surface area contributed by atoms with Gasteiger partial charge >= 0.3 is 0 Å². The third-order valence-electron chi connectivity index (χ3n) is 3.77. The molecule has 0 radical (unpaired) electrons. The summed E-state index contributed by atoms with van der Waals surface area (Å²) in [6.45, 7) is 3.12. The van der Waals surface area contributed by atoms with Crippen LogP contribution in [-0.2, 0) is 0 Å². The average Bonchev–Trinajstić information content (AvgIpc) is 2.50. The third-order valence-corrected chi connectivity index (χ3v) is 3.77. The highest BCUT2D eigenvalue weighted by atomic mass is 16.5. The molecular formula is C17H25N3O.